The molecule has 0 radical (unpaired) electrons. The lowest BCUT2D eigenvalue weighted by atomic mass is 10.1. The molecule has 0 bridgehead atoms. The molecule has 1 amide bonds. The molecule has 23 heavy (non-hydrogen) atoms. The van der Waals surface area contributed by atoms with Crippen LogP contribution < -0.4 is 5.32 Å². The molecule has 6 heteroatoms. The average Bonchev–Trinajstić information content (AvgIpc) is 3.01. The maximum atomic E-state index is 12.2. The maximum Gasteiger partial charge on any atom is 0.261 e. The van der Waals surface area contributed by atoms with Gasteiger partial charge in [0.05, 0.1) is 21.9 Å². The Labute approximate surface area is 148 Å². The lowest BCUT2D eigenvalue weighted by Crippen LogP contribution is -2.36. The molecular formula is C17H19BrN2O2S. The summed E-state index contributed by atoms with van der Waals surface area (Å²) in [6.45, 7) is 4.97. The fraction of sp³-hybridized carbons (Fsp3) is 0.353. The van der Waals surface area contributed by atoms with Crippen LogP contribution in [-0.2, 0) is 17.8 Å². The smallest absolute Gasteiger partial charge is 0.261 e. The number of rotatable bonds is 5. The van der Waals surface area contributed by atoms with Gasteiger partial charge in [-0.05, 0) is 39.2 Å². The second-order valence-electron chi connectivity index (χ2n) is 5.44. The van der Waals surface area contributed by atoms with E-state index in [1.54, 1.807) is 0 Å². The van der Waals surface area contributed by atoms with Gasteiger partial charge in [0, 0.05) is 26.2 Å². The molecule has 1 aromatic carbocycles. The molecular weight excluding hydrogens is 376 g/mol. The molecule has 4 nitrogen and oxygen atoms in total. The molecule has 0 unspecified atom stereocenters. The largest absolute Gasteiger partial charge is 0.379 e. The number of nitrogens with zero attached hydrogens (tertiary/aromatic N) is 1. The zero-order valence-electron chi connectivity index (χ0n) is 12.8. The Morgan fingerprint density at radius 3 is 2.61 bits per heavy atom. The predicted octanol–water partition coefficient (Wildman–Crippen LogP) is 3.27. The van der Waals surface area contributed by atoms with Crippen LogP contribution in [0.2, 0.25) is 0 Å². The molecule has 2 heterocycles. The van der Waals surface area contributed by atoms with Crippen molar-refractivity contribution in [3.8, 4) is 0 Å². The zero-order valence-corrected chi connectivity index (χ0v) is 15.2. The molecule has 0 saturated carbocycles. The first-order valence-corrected chi connectivity index (χ1v) is 9.24. The summed E-state index contributed by atoms with van der Waals surface area (Å²) in [7, 11) is 0. The fourth-order valence-electron chi connectivity index (χ4n) is 2.58. The Morgan fingerprint density at radius 2 is 1.91 bits per heavy atom. The molecule has 1 aliphatic rings. The van der Waals surface area contributed by atoms with Gasteiger partial charge in [-0.3, -0.25) is 9.69 Å². The van der Waals surface area contributed by atoms with Gasteiger partial charge in [-0.2, -0.15) is 0 Å². The van der Waals surface area contributed by atoms with Gasteiger partial charge in [-0.1, -0.05) is 24.3 Å². The highest BCUT2D eigenvalue weighted by Gasteiger charge is 2.13. The van der Waals surface area contributed by atoms with Crippen LogP contribution in [0.3, 0.4) is 0 Å². The molecule has 0 spiro atoms. The van der Waals surface area contributed by atoms with Crippen LogP contribution in [0.25, 0.3) is 0 Å². The second kappa shape index (κ2) is 8.06. The molecule has 1 aliphatic heterocycles. The van der Waals surface area contributed by atoms with Crippen molar-refractivity contribution in [3.05, 3.63) is 56.2 Å². The Morgan fingerprint density at radius 1 is 1.17 bits per heavy atom. The quantitative estimate of drug-likeness (QED) is 0.845. The van der Waals surface area contributed by atoms with Crippen molar-refractivity contribution in [1.29, 1.82) is 0 Å². The predicted molar refractivity (Wildman–Crippen MR) is 95.7 cm³/mol. The monoisotopic (exact) mass is 394 g/mol. The maximum absolute atomic E-state index is 12.2. The van der Waals surface area contributed by atoms with Crippen LogP contribution in [0.4, 0.5) is 0 Å². The SMILES string of the molecule is O=C(NCc1ccccc1CN1CCOCC1)c1ccc(Br)s1. The Kier molecular flexibility index (Phi) is 5.83. The number of hydrogen-bond donors (Lipinski definition) is 1. The highest BCUT2D eigenvalue weighted by molar-refractivity contribution is 9.11. The summed E-state index contributed by atoms with van der Waals surface area (Å²) in [6, 6.07) is 12.0. The topological polar surface area (TPSA) is 41.6 Å². The lowest BCUT2D eigenvalue weighted by Gasteiger charge is -2.27. The van der Waals surface area contributed by atoms with E-state index in [4.69, 9.17) is 4.74 Å². The van der Waals surface area contributed by atoms with Gasteiger partial charge in [-0.25, -0.2) is 0 Å². The van der Waals surface area contributed by atoms with E-state index < -0.39 is 0 Å². The minimum absolute atomic E-state index is 0.0260. The van der Waals surface area contributed by atoms with Crippen molar-refractivity contribution in [2.45, 2.75) is 13.1 Å². The van der Waals surface area contributed by atoms with E-state index >= 15 is 0 Å². The number of thiophene rings is 1. The number of benzene rings is 1. The van der Waals surface area contributed by atoms with Gasteiger partial charge < -0.3 is 10.1 Å². The van der Waals surface area contributed by atoms with Gasteiger partial charge in [0.1, 0.15) is 0 Å². The molecule has 3 rings (SSSR count). The molecule has 1 aromatic heterocycles. The summed E-state index contributed by atoms with van der Waals surface area (Å²) in [4.78, 5) is 15.3. The van der Waals surface area contributed by atoms with E-state index in [1.807, 2.05) is 18.2 Å². The first-order valence-electron chi connectivity index (χ1n) is 7.63. The van der Waals surface area contributed by atoms with Gasteiger partial charge in [0.15, 0.2) is 0 Å². The van der Waals surface area contributed by atoms with Gasteiger partial charge >= 0.3 is 0 Å². The summed E-state index contributed by atoms with van der Waals surface area (Å²) < 4.78 is 6.36. The van der Waals surface area contributed by atoms with Crippen LogP contribution in [0.15, 0.2) is 40.2 Å². The number of morpholine rings is 1. The van der Waals surface area contributed by atoms with E-state index in [2.05, 4.69) is 44.3 Å². The molecule has 1 saturated heterocycles. The molecule has 0 atom stereocenters. The van der Waals surface area contributed by atoms with Crippen LogP contribution in [0.1, 0.15) is 20.8 Å². The molecule has 0 aliphatic carbocycles. The Balaban J connectivity index is 1.62. The van der Waals surface area contributed by atoms with Crippen molar-refractivity contribution in [1.82, 2.24) is 10.2 Å². The first kappa shape index (κ1) is 16.6. The average molecular weight is 395 g/mol. The summed E-state index contributed by atoms with van der Waals surface area (Å²) in [5.41, 5.74) is 2.44. The second-order valence-corrected chi connectivity index (χ2v) is 7.91. The number of carbonyl (C=O) groups is 1. The summed E-state index contributed by atoms with van der Waals surface area (Å²) in [5, 5.41) is 3.01. The highest BCUT2D eigenvalue weighted by atomic mass is 79.9. The highest BCUT2D eigenvalue weighted by Crippen LogP contribution is 2.22. The van der Waals surface area contributed by atoms with Crippen LogP contribution >= 0.6 is 27.3 Å². The van der Waals surface area contributed by atoms with Crippen molar-refractivity contribution in [3.63, 3.8) is 0 Å². The van der Waals surface area contributed by atoms with Crippen molar-refractivity contribution < 1.29 is 9.53 Å². The van der Waals surface area contributed by atoms with Crippen LogP contribution in [-0.4, -0.2) is 37.1 Å². The molecule has 1 N–H and O–H groups in total. The standard InChI is InChI=1S/C17H19BrN2O2S/c18-16-6-5-15(23-16)17(21)19-11-13-3-1-2-4-14(13)12-20-7-9-22-10-8-20/h1-6H,7-12H2,(H,19,21). The number of halogens is 1. The third kappa shape index (κ3) is 4.64. The van der Waals surface area contributed by atoms with E-state index in [9.17, 15) is 4.79 Å². The van der Waals surface area contributed by atoms with Crippen molar-refractivity contribution in [2.24, 2.45) is 0 Å². The number of hydrogen-bond acceptors (Lipinski definition) is 4. The number of amides is 1. The Hall–Kier alpha value is -1.21. The van der Waals surface area contributed by atoms with Crippen LogP contribution in [0, 0.1) is 0 Å². The summed E-state index contributed by atoms with van der Waals surface area (Å²) in [5.74, 6) is -0.0260. The lowest BCUT2D eigenvalue weighted by molar-refractivity contribution is 0.0340. The first-order chi connectivity index (χ1) is 11.2. The Bertz CT molecular complexity index is 668. The minimum Gasteiger partial charge on any atom is -0.379 e. The van der Waals surface area contributed by atoms with E-state index in [-0.39, 0.29) is 5.91 Å². The molecule has 1 fully saturated rings. The van der Waals surface area contributed by atoms with Crippen LogP contribution in [0.5, 0.6) is 0 Å². The zero-order chi connectivity index (χ0) is 16.1. The number of nitrogens with one attached hydrogen (secondary N) is 1. The van der Waals surface area contributed by atoms with E-state index in [0.29, 0.717) is 6.54 Å². The minimum atomic E-state index is -0.0260. The summed E-state index contributed by atoms with van der Waals surface area (Å²) in [6.07, 6.45) is 0. The van der Waals surface area contributed by atoms with Gasteiger partial charge in [-0.15, -0.1) is 11.3 Å². The van der Waals surface area contributed by atoms with Gasteiger partial charge in [0.25, 0.3) is 5.91 Å². The third-order valence-corrected chi connectivity index (χ3v) is 5.47. The fourth-order valence-corrected chi connectivity index (χ4v) is 3.89. The normalized spacial score (nSPS) is 15.5. The summed E-state index contributed by atoms with van der Waals surface area (Å²) >= 11 is 4.83. The van der Waals surface area contributed by atoms with Gasteiger partial charge in [0.2, 0.25) is 0 Å². The van der Waals surface area contributed by atoms with Crippen molar-refractivity contribution in [2.75, 3.05) is 26.3 Å². The number of carbonyl (C=O) groups excluding carboxylic acids is 1. The van der Waals surface area contributed by atoms with E-state index in [1.165, 1.54) is 22.5 Å². The van der Waals surface area contributed by atoms with E-state index in [0.717, 1.165) is 41.5 Å². The third-order valence-electron chi connectivity index (χ3n) is 3.85. The molecule has 2 aromatic rings. The number of ether oxygens (including phenoxy) is 1. The van der Waals surface area contributed by atoms with Crippen molar-refractivity contribution >= 4 is 33.2 Å². The molecule has 122 valence electrons.